The minimum atomic E-state index is -0.144. The first kappa shape index (κ1) is 18.9. The van der Waals surface area contributed by atoms with Crippen LogP contribution in [0.4, 0.5) is 10.5 Å². The lowest BCUT2D eigenvalue weighted by Crippen LogP contribution is -2.44. The zero-order valence-electron chi connectivity index (χ0n) is 15.9. The number of benzene rings is 1. The van der Waals surface area contributed by atoms with E-state index in [1.165, 1.54) is 0 Å². The number of likely N-dealkylation sites (tertiary alicyclic amines) is 1. The molecule has 6 nitrogen and oxygen atoms in total. The van der Waals surface area contributed by atoms with E-state index in [0.29, 0.717) is 25.2 Å². The zero-order valence-corrected chi connectivity index (χ0v) is 15.9. The van der Waals surface area contributed by atoms with E-state index < -0.39 is 0 Å². The molecule has 27 heavy (non-hydrogen) atoms. The molecular weight excluding hydrogens is 340 g/mol. The summed E-state index contributed by atoms with van der Waals surface area (Å²) in [5.41, 5.74) is 3.10. The highest BCUT2D eigenvalue weighted by molar-refractivity contribution is 6.05. The van der Waals surface area contributed by atoms with Gasteiger partial charge in [-0.3, -0.25) is 9.78 Å². The van der Waals surface area contributed by atoms with Gasteiger partial charge < -0.3 is 15.5 Å². The lowest BCUT2D eigenvalue weighted by atomic mass is 9.90. The van der Waals surface area contributed by atoms with Crippen molar-refractivity contribution in [1.82, 2.24) is 15.2 Å². The molecule has 0 saturated carbocycles. The Bertz CT molecular complexity index is 799. The van der Waals surface area contributed by atoms with Crippen LogP contribution in [0, 0.1) is 6.92 Å². The van der Waals surface area contributed by atoms with Crippen molar-refractivity contribution in [3.05, 3.63) is 59.4 Å². The second-order valence-electron chi connectivity index (χ2n) is 6.80. The number of rotatable bonds is 4. The Labute approximate surface area is 160 Å². The fourth-order valence-corrected chi connectivity index (χ4v) is 3.42. The number of anilines is 1. The average Bonchev–Trinajstić information content (AvgIpc) is 2.69. The second-order valence-corrected chi connectivity index (χ2v) is 6.80. The molecule has 1 aliphatic rings. The van der Waals surface area contributed by atoms with Crippen LogP contribution in [0.2, 0.25) is 0 Å². The third-order valence-electron chi connectivity index (χ3n) is 4.84. The van der Waals surface area contributed by atoms with Gasteiger partial charge in [0.25, 0.3) is 5.91 Å². The first-order valence-electron chi connectivity index (χ1n) is 9.45. The molecule has 1 aromatic carbocycles. The minimum Gasteiger partial charge on any atom is -0.338 e. The molecule has 1 aromatic heterocycles. The molecule has 0 atom stereocenters. The van der Waals surface area contributed by atoms with Crippen LogP contribution in [-0.4, -0.2) is 41.5 Å². The predicted octanol–water partition coefficient (Wildman–Crippen LogP) is 3.55. The monoisotopic (exact) mass is 366 g/mol. The molecular formula is C21H26N4O2. The highest BCUT2D eigenvalue weighted by Gasteiger charge is 2.27. The molecule has 6 heteroatoms. The third kappa shape index (κ3) is 4.64. The summed E-state index contributed by atoms with van der Waals surface area (Å²) in [6, 6.07) is 13.1. The van der Waals surface area contributed by atoms with Crippen LogP contribution in [0.5, 0.6) is 0 Å². The largest absolute Gasteiger partial charge is 0.338 e. The Morgan fingerprint density at radius 1 is 1.11 bits per heavy atom. The number of urea groups is 1. The van der Waals surface area contributed by atoms with Gasteiger partial charge in [0.05, 0.1) is 11.3 Å². The van der Waals surface area contributed by atoms with Crippen LogP contribution >= 0.6 is 0 Å². The van der Waals surface area contributed by atoms with Gasteiger partial charge in [-0.15, -0.1) is 0 Å². The summed E-state index contributed by atoms with van der Waals surface area (Å²) >= 11 is 0. The Morgan fingerprint density at radius 2 is 1.81 bits per heavy atom. The number of hydrogen-bond donors (Lipinski definition) is 2. The summed E-state index contributed by atoms with van der Waals surface area (Å²) in [6.45, 7) is 5.82. The molecule has 0 spiro atoms. The highest BCUT2D eigenvalue weighted by atomic mass is 16.2. The standard InChI is InChI=1S/C21H26N4O2/c1-3-22-21(27)25-13-11-16(12-14-25)19-18(10-9-15(2)23-19)20(26)24-17-7-5-4-6-8-17/h4-10,16H,3,11-14H2,1-2H3,(H,22,27)(H,24,26). The number of carbonyl (C=O) groups excluding carboxylic acids is 2. The summed E-state index contributed by atoms with van der Waals surface area (Å²) in [5, 5.41) is 5.79. The average molecular weight is 366 g/mol. The SMILES string of the molecule is CCNC(=O)N1CCC(c2nc(C)ccc2C(=O)Nc2ccccc2)CC1. The van der Waals surface area contributed by atoms with Gasteiger partial charge in [-0.05, 0) is 51.0 Å². The fraction of sp³-hybridized carbons (Fsp3) is 0.381. The lowest BCUT2D eigenvalue weighted by molar-refractivity contribution is 0.102. The molecule has 3 rings (SSSR count). The Balaban J connectivity index is 1.75. The van der Waals surface area contributed by atoms with Crippen LogP contribution in [0.15, 0.2) is 42.5 Å². The van der Waals surface area contributed by atoms with Crippen molar-refractivity contribution in [2.75, 3.05) is 25.0 Å². The highest BCUT2D eigenvalue weighted by Crippen LogP contribution is 2.30. The number of pyridine rings is 1. The minimum absolute atomic E-state index is 0.0183. The molecule has 0 aliphatic carbocycles. The van der Waals surface area contributed by atoms with Crippen molar-refractivity contribution in [1.29, 1.82) is 0 Å². The molecule has 2 N–H and O–H groups in total. The van der Waals surface area contributed by atoms with Crippen LogP contribution < -0.4 is 10.6 Å². The summed E-state index contributed by atoms with van der Waals surface area (Å²) in [4.78, 5) is 31.3. The summed E-state index contributed by atoms with van der Waals surface area (Å²) in [7, 11) is 0. The number of amides is 3. The summed E-state index contributed by atoms with van der Waals surface area (Å²) in [6.07, 6.45) is 1.61. The van der Waals surface area contributed by atoms with Crippen molar-refractivity contribution in [2.24, 2.45) is 0 Å². The molecule has 2 aromatic rings. The van der Waals surface area contributed by atoms with Gasteiger partial charge in [-0.25, -0.2) is 4.79 Å². The number of piperidine rings is 1. The molecule has 2 heterocycles. The Morgan fingerprint density at radius 3 is 2.48 bits per heavy atom. The van der Waals surface area contributed by atoms with Gasteiger partial charge in [-0.1, -0.05) is 18.2 Å². The quantitative estimate of drug-likeness (QED) is 0.869. The van der Waals surface area contributed by atoms with Crippen LogP contribution in [0.3, 0.4) is 0 Å². The first-order chi connectivity index (χ1) is 13.1. The Kier molecular flexibility index (Phi) is 6.06. The van der Waals surface area contributed by atoms with Crippen molar-refractivity contribution in [3.63, 3.8) is 0 Å². The molecule has 0 bridgehead atoms. The number of para-hydroxylation sites is 1. The van der Waals surface area contributed by atoms with Gasteiger partial charge in [0.1, 0.15) is 0 Å². The number of aryl methyl sites for hydroxylation is 1. The van der Waals surface area contributed by atoms with E-state index in [1.54, 1.807) is 0 Å². The van der Waals surface area contributed by atoms with Gasteiger partial charge in [0, 0.05) is 36.9 Å². The number of carbonyl (C=O) groups is 2. The van der Waals surface area contributed by atoms with Crippen LogP contribution in [0.25, 0.3) is 0 Å². The lowest BCUT2D eigenvalue weighted by Gasteiger charge is -2.32. The third-order valence-corrected chi connectivity index (χ3v) is 4.84. The Hall–Kier alpha value is -2.89. The maximum atomic E-state index is 12.8. The van der Waals surface area contributed by atoms with E-state index in [1.807, 2.05) is 61.2 Å². The normalized spacial score (nSPS) is 14.7. The van der Waals surface area contributed by atoms with Gasteiger partial charge >= 0.3 is 6.03 Å². The van der Waals surface area contributed by atoms with Gasteiger partial charge in [0.15, 0.2) is 0 Å². The molecule has 1 aliphatic heterocycles. The smallest absolute Gasteiger partial charge is 0.317 e. The predicted molar refractivity (Wildman–Crippen MR) is 106 cm³/mol. The van der Waals surface area contributed by atoms with E-state index in [9.17, 15) is 9.59 Å². The van der Waals surface area contributed by atoms with Gasteiger partial charge in [0.2, 0.25) is 0 Å². The first-order valence-corrected chi connectivity index (χ1v) is 9.45. The molecule has 3 amide bonds. The van der Waals surface area contributed by atoms with E-state index in [0.717, 1.165) is 29.9 Å². The summed E-state index contributed by atoms with van der Waals surface area (Å²) in [5.74, 6) is 0.0296. The number of nitrogens with zero attached hydrogens (tertiary/aromatic N) is 2. The van der Waals surface area contributed by atoms with Crippen molar-refractivity contribution in [2.45, 2.75) is 32.6 Å². The van der Waals surface area contributed by atoms with Crippen LogP contribution in [0.1, 0.15) is 47.4 Å². The number of hydrogen-bond acceptors (Lipinski definition) is 3. The fourth-order valence-electron chi connectivity index (χ4n) is 3.42. The topological polar surface area (TPSA) is 74.3 Å². The van der Waals surface area contributed by atoms with E-state index in [2.05, 4.69) is 15.6 Å². The number of aromatic nitrogens is 1. The van der Waals surface area contributed by atoms with E-state index >= 15 is 0 Å². The van der Waals surface area contributed by atoms with Gasteiger partial charge in [-0.2, -0.15) is 0 Å². The van der Waals surface area contributed by atoms with E-state index in [4.69, 9.17) is 0 Å². The van der Waals surface area contributed by atoms with E-state index in [-0.39, 0.29) is 17.9 Å². The summed E-state index contributed by atoms with van der Waals surface area (Å²) < 4.78 is 0. The van der Waals surface area contributed by atoms with Crippen molar-refractivity contribution >= 4 is 17.6 Å². The molecule has 1 fully saturated rings. The maximum Gasteiger partial charge on any atom is 0.317 e. The van der Waals surface area contributed by atoms with Crippen molar-refractivity contribution < 1.29 is 9.59 Å². The number of nitrogens with one attached hydrogen (secondary N) is 2. The van der Waals surface area contributed by atoms with Crippen LogP contribution in [-0.2, 0) is 0 Å². The molecule has 1 saturated heterocycles. The molecule has 142 valence electrons. The maximum absolute atomic E-state index is 12.8. The van der Waals surface area contributed by atoms with Crippen molar-refractivity contribution in [3.8, 4) is 0 Å². The molecule has 0 unspecified atom stereocenters. The second kappa shape index (κ2) is 8.66. The molecule has 0 radical (unpaired) electrons. The zero-order chi connectivity index (χ0) is 19.2.